The molecule has 4 rings (SSSR count). The van der Waals surface area contributed by atoms with E-state index in [-0.39, 0.29) is 11.8 Å². The van der Waals surface area contributed by atoms with Gasteiger partial charge in [-0.3, -0.25) is 4.79 Å². The van der Waals surface area contributed by atoms with E-state index in [1.54, 1.807) is 16.8 Å². The number of rotatable bonds is 8. The van der Waals surface area contributed by atoms with Gasteiger partial charge >= 0.3 is 0 Å². The number of para-hydroxylation sites is 2. The number of carbonyl (C=O) groups excluding carboxylic acids is 1. The predicted molar refractivity (Wildman–Crippen MR) is 136 cm³/mol. The SMILES string of the molecule is Cc1nn(-c2ccccc2)c(Oc2ccccc2)c1CN(CC(C)C)C(=O)c1ccccc1Cl. The van der Waals surface area contributed by atoms with Crippen LogP contribution in [0, 0.1) is 12.8 Å². The van der Waals surface area contributed by atoms with Gasteiger partial charge in [-0.05, 0) is 49.2 Å². The van der Waals surface area contributed by atoms with E-state index in [0.29, 0.717) is 35.3 Å². The van der Waals surface area contributed by atoms with Gasteiger partial charge in [-0.1, -0.05) is 74.0 Å². The largest absolute Gasteiger partial charge is 0.439 e. The zero-order chi connectivity index (χ0) is 24.1. The quantitative estimate of drug-likeness (QED) is 0.279. The van der Waals surface area contributed by atoms with Gasteiger partial charge in [0.1, 0.15) is 5.75 Å². The van der Waals surface area contributed by atoms with Crippen molar-refractivity contribution >= 4 is 17.5 Å². The number of amides is 1. The van der Waals surface area contributed by atoms with E-state index in [1.165, 1.54) is 0 Å². The fraction of sp³-hybridized carbons (Fsp3) is 0.214. The van der Waals surface area contributed by atoms with Gasteiger partial charge in [0.05, 0.1) is 34.1 Å². The minimum absolute atomic E-state index is 0.114. The van der Waals surface area contributed by atoms with Gasteiger partial charge in [0, 0.05) is 6.54 Å². The number of benzene rings is 3. The van der Waals surface area contributed by atoms with E-state index in [0.717, 1.165) is 16.9 Å². The van der Waals surface area contributed by atoms with E-state index in [9.17, 15) is 4.79 Å². The highest BCUT2D eigenvalue weighted by molar-refractivity contribution is 6.33. The van der Waals surface area contributed by atoms with Crippen LogP contribution in [-0.2, 0) is 6.54 Å². The molecule has 0 aliphatic heterocycles. The Hall–Kier alpha value is -3.57. The first kappa shape index (κ1) is 23.6. The zero-order valence-electron chi connectivity index (χ0n) is 19.6. The third kappa shape index (κ3) is 5.32. The van der Waals surface area contributed by atoms with E-state index in [4.69, 9.17) is 21.4 Å². The van der Waals surface area contributed by atoms with Crippen molar-refractivity contribution in [3.8, 4) is 17.3 Å². The summed E-state index contributed by atoms with van der Waals surface area (Å²) in [6, 6.07) is 26.6. The molecule has 34 heavy (non-hydrogen) atoms. The molecule has 0 radical (unpaired) electrons. The van der Waals surface area contributed by atoms with Gasteiger partial charge in [0.15, 0.2) is 0 Å². The molecule has 1 heterocycles. The molecule has 0 atom stereocenters. The van der Waals surface area contributed by atoms with Crippen molar-refractivity contribution in [3.05, 3.63) is 107 Å². The van der Waals surface area contributed by atoms with Crippen LogP contribution in [0.25, 0.3) is 5.69 Å². The summed E-state index contributed by atoms with van der Waals surface area (Å²) in [6.07, 6.45) is 0. The van der Waals surface area contributed by atoms with Crippen molar-refractivity contribution in [3.63, 3.8) is 0 Å². The van der Waals surface area contributed by atoms with Crippen LogP contribution in [0.2, 0.25) is 5.02 Å². The Bertz CT molecular complexity index is 1250. The number of aryl methyl sites for hydroxylation is 1. The maximum atomic E-state index is 13.5. The summed E-state index contributed by atoms with van der Waals surface area (Å²) in [5, 5.41) is 5.23. The van der Waals surface area contributed by atoms with Gasteiger partial charge < -0.3 is 9.64 Å². The molecule has 1 amide bonds. The van der Waals surface area contributed by atoms with E-state index in [1.807, 2.05) is 84.6 Å². The Morgan fingerprint density at radius 3 is 2.24 bits per heavy atom. The number of carbonyl (C=O) groups is 1. The third-order valence-corrected chi connectivity index (χ3v) is 5.75. The Labute approximate surface area is 205 Å². The fourth-order valence-electron chi connectivity index (χ4n) is 3.83. The van der Waals surface area contributed by atoms with Crippen molar-refractivity contribution in [1.29, 1.82) is 0 Å². The molecule has 0 saturated heterocycles. The lowest BCUT2D eigenvalue weighted by atomic mass is 10.1. The Kier molecular flexibility index (Phi) is 7.33. The fourth-order valence-corrected chi connectivity index (χ4v) is 4.04. The summed E-state index contributed by atoms with van der Waals surface area (Å²) in [4.78, 5) is 15.4. The molecule has 0 fully saturated rings. The van der Waals surface area contributed by atoms with Crippen LogP contribution >= 0.6 is 11.6 Å². The average Bonchev–Trinajstić information content (AvgIpc) is 3.14. The van der Waals surface area contributed by atoms with Gasteiger partial charge in [0.25, 0.3) is 5.91 Å². The molecule has 0 bridgehead atoms. The molecule has 174 valence electrons. The van der Waals surface area contributed by atoms with Gasteiger partial charge in [-0.15, -0.1) is 0 Å². The summed E-state index contributed by atoms with van der Waals surface area (Å²) in [5.74, 6) is 1.45. The number of halogens is 1. The highest BCUT2D eigenvalue weighted by Crippen LogP contribution is 2.32. The number of nitrogens with zero attached hydrogens (tertiary/aromatic N) is 3. The smallest absolute Gasteiger partial charge is 0.255 e. The molecular formula is C28H28ClN3O2. The minimum Gasteiger partial charge on any atom is -0.439 e. The molecule has 4 aromatic rings. The lowest BCUT2D eigenvalue weighted by Gasteiger charge is -2.25. The lowest BCUT2D eigenvalue weighted by molar-refractivity contribution is 0.0721. The van der Waals surface area contributed by atoms with Crippen molar-refractivity contribution in [2.75, 3.05) is 6.54 Å². The summed E-state index contributed by atoms with van der Waals surface area (Å²) in [6.45, 7) is 7.05. The van der Waals surface area contributed by atoms with Crippen LogP contribution < -0.4 is 4.74 Å². The molecule has 0 saturated carbocycles. The molecule has 1 aromatic heterocycles. The van der Waals surface area contributed by atoms with Crippen LogP contribution in [0.1, 0.15) is 35.5 Å². The second-order valence-corrected chi connectivity index (χ2v) is 9.00. The normalized spacial score (nSPS) is 11.0. The second kappa shape index (κ2) is 10.6. The van der Waals surface area contributed by atoms with Crippen LogP contribution in [0.4, 0.5) is 0 Å². The van der Waals surface area contributed by atoms with Crippen LogP contribution in [0.5, 0.6) is 11.6 Å². The first-order chi connectivity index (χ1) is 16.4. The van der Waals surface area contributed by atoms with Crippen molar-refractivity contribution in [2.45, 2.75) is 27.3 Å². The van der Waals surface area contributed by atoms with Gasteiger partial charge in [-0.25, -0.2) is 4.68 Å². The summed E-state index contributed by atoms with van der Waals surface area (Å²) < 4.78 is 8.16. The molecule has 0 unspecified atom stereocenters. The Morgan fingerprint density at radius 1 is 0.971 bits per heavy atom. The molecular weight excluding hydrogens is 446 g/mol. The number of aromatic nitrogens is 2. The maximum absolute atomic E-state index is 13.5. The van der Waals surface area contributed by atoms with Crippen LogP contribution in [0.3, 0.4) is 0 Å². The van der Waals surface area contributed by atoms with Crippen molar-refractivity contribution < 1.29 is 9.53 Å². The molecule has 6 heteroatoms. The molecule has 3 aromatic carbocycles. The summed E-state index contributed by atoms with van der Waals surface area (Å²) >= 11 is 6.37. The number of ether oxygens (including phenoxy) is 1. The first-order valence-corrected chi connectivity index (χ1v) is 11.7. The van der Waals surface area contributed by atoms with E-state index in [2.05, 4.69) is 13.8 Å². The Balaban J connectivity index is 1.77. The maximum Gasteiger partial charge on any atom is 0.255 e. The molecule has 0 aliphatic carbocycles. The van der Waals surface area contributed by atoms with E-state index < -0.39 is 0 Å². The second-order valence-electron chi connectivity index (χ2n) is 8.59. The van der Waals surface area contributed by atoms with Crippen LogP contribution in [-0.4, -0.2) is 27.1 Å². The summed E-state index contributed by atoms with van der Waals surface area (Å²) in [5.41, 5.74) is 3.03. The highest BCUT2D eigenvalue weighted by atomic mass is 35.5. The Morgan fingerprint density at radius 2 is 1.59 bits per heavy atom. The topological polar surface area (TPSA) is 47.4 Å². The highest BCUT2D eigenvalue weighted by Gasteiger charge is 2.25. The number of hydrogen-bond acceptors (Lipinski definition) is 3. The first-order valence-electron chi connectivity index (χ1n) is 11.3. The standard InChI is InChI=1S/C28H28ClN3O2/c1-20(2)18-31(27(33)24-16-10-11-17-26(24)29)19-25-21(3)30-32(22-12-6-4-7-13-22)28(25)34-23-14-8-5-9-15-23/h4-17,20H,18-19H2,1-3H3. The minimum atomic E-state index is -0.114. The molecule has 0 N–H and O–H groups in total. The average molecular weight is 474 g/mol. The van der Waals surface area contributed by atoms with E-state index >= 15 is 0 Å². The summed E-state index contributed by atoms with van der Waals surface area (Å²) in [7, 11) is 0. The molecule has 0 spiro atoms. The van der Waals surface area contributed by atoms with Crippen molar-refractivity contribution in [2.24, 2.45) is 5.92 Å². The van der Waals surface area contributed by atoms with Crippen LogP contribution in [0.15, 0.2) is 84.9 Å². The van der Waals surface area contributed by atoms with Gasteiger partial charge in [0.2, 0.25) is 5.88 Å². The van der Waals surface area contributed by atoms with Crippen molar-refractivity contribution in [1.82, 2.24) is 14.7 Å². The molecule has 0 aliphatic rings. The number of hydrogen-bond donors (Lipinski definition) is 0. The van der Waals surface area contributed by atoms with Gasteiger partial charge in [-0.2, -0.15) is 5.10 Å². The predicted octanol–water partition coefficient (Wildman–Crippen LogP) is 6.92. The lowest BCUT2D eigenvalue weighted by Crippen LogP contribution is -2.34. The monoisotopic (exact) mass is 473 g/mol. The molecule has 5 nitrogen and oxygen atoms in total. The zero-order valence-corrected chi connectivity index (χ0v) is 20.4. The third-order valence-electron chi connectivity index (χ3n) is 5.42.